The van der Waals surface area contributed by atoms with Crippen LogP contribution in [0, 0.1) is 5.92 Å². The molecule has 0 saturated carbocycles. The van der Waals surface area contributed by atoms with Crippen molar-refractivity contribution in [2.45, 2.75) is 44.1 Å². The average Bonchev–Trinajstić information content (AvgIpc) is 2.28. The summed E-state index contributed by atoms with van der Waals surface area (Å²) in [4.78, 5) is 10.4. The van der Waals surface area contributed by atoms with Crippen molar-refractivity contribution in [3.8, 4) is 0 Å². The van der Waals surface area contributed by atoms with Gasteiger partial charge in [0, 0.05) is 13.0 Å². The fraction of sp³-hybridized carbons (Fsp3) is 0.917. The smallest absolute Gasteiger partial charge is 0.120 e. The van der Waals surface area contributed by atoms with Crippen LogP contribution in [0.4, 0.5) is 0 Å². The first-order valence-electron chi connectivity index (χ1n) is 6.00. The molecule has 0 radical (unpaired) electrons. The van der Waals surface area contributed by atoms with Crippen LogP contribution in [0.15, 0.2) is 0 Å². The Morgan fingerprint density at radius 3 is 2.93 bits per heavy atom. The zero-order chi connectivity index (χ0) is 10.6. The van der Waals surface area contributed by atoms with E-state index in [9.17, 15) is 4.79 Å². The minimum Gasteiger partial charge on any atom is -0.375 e. The maximum Gasteiger partial charge on any atom is 0.120 e. The molecule has 1 atom stereocenters. The lowest BCUT2D eigenvalue weighted by Crippen LogP contribution is -2.42. The molecule has 1 unspecified atom stereocenters. The van der Waals surface area contributed by atoms with Gasteiger partial charge in [-0.2, -0.15) is 11.8 Å². The van der Waals surface area contributed by atoms with Crippen LogP contribution in [0.25, 0.3) is 0 Å². The number of hydrogen-bond acceptors (Lipinski definition) is 3. The summed E-state index contributed by atoms with van der Waals surface area (Å²) < 4.78 is 6.01. The van der Waals surface area contributed by atoms with Crippen molar-refractivity contribution in [3.05, 3.63) is 0 Å². The highest BCUT2D eigenvalue weighted by Crippen LogP contribution is 2.40. The van der Waals surface area contributed by atoms with Crippen molar-refractivity contribution >= 4 is 18.0 Å². The zero-order valence-corrected chi connectivity index (χ0v) is 10.1. The summed E-state index contributed by atoms with van der Waals surface area (Å²) in [6.07, 6.45) is 7.64. The molecule has 86 valence electrons. The fourth-order valence-electron chi connectivity index (χ4n) is 2.77. The van der Waals surface area contributed by atoms with Crippen molar-refractivity contribution in [3.63, 3.8) is 0 Å². The SMILES string of the molecule is O=CCCC1CCOC2(CCSCC2)C1. The Balaban J connectivity index is 1.87. The number of carbonyl (C=O) groups is 1. The highest BCUT2D eigenvalue weighted by molar-refractivity contribution is 7.99. The summed E-state index contributed by atoms with van der Waals surface area (Å²) in [6, 6.07) is 0. The zero-order valence-electron chi connectivity index (χ0n) is 9.24. The summed E-state index contributed by atoms with van der Waals surface area (Å²) in [5.74, 6) is 3.23. The molecule has 2 aliphatic heterocycles. The molecule has 15 heavy (non-hydrogen) atoms. The van der Waals surface area contributed by atoms with Crippen molar-refractivity contribution in [2.24, 2.45) is 5.92 Å². The summed E-state index contributed by atoms with van der Waals surface area (Å²) in [6.45, 7) is 0.911. The number of aldehydes is 1. The Morgan fingerprint density at radius 2 is 2.20 bits per heavy atom. The van der Waals surface area contributed by atoms with E-state index in [0.29, 0.717) is 0 Å². The molecule has 2 nitrogen and oxygen atoms in total. The normalized spacial score (nSPS) is 30.3. The van der Waals surface area contributed by atoms with E-state index in [4.69, 9.17) is 4.74 Å². The first kappa shape index (κ1) is 11.5. The van der Waals surface area contributed by atoms with E-state index in [0.717, 1.165) is 38.1 Å². The average molecular weight is 228 g/mol. The van der Waals surface area contributed by atoms with Gasteiger partial charge in [0.25, 0.3) is 0 Å². The monoisotopic (exact) mass is 228 g/mol. The lowest BCUT2D eigenvalue weighted by molar-refractivity contribution is -0.112. The quantitative estimate of drug-likeness (QED) is 0.695. The Bertz CT molecular complexity index is 206. The third-order valence-corrected chi connectivity index (χ3v) is 4.68. The molecule has 3 heteroatoms. The van der Waals surface area contributed by atoms with Gasteiger partial charge in [-0.05, 0) is 49.5 Å². The lowest BCUT2D eigenvalue weighted by Gasteiger charge is -2.43. The molecule has 0 bridgehead atoms. The van der Waals surface area contributed by atoms with Gasteiger partial charge in [-0.1, -0.05) is 0 Å². The number of ether oxygens (including phenoxy) is 1. The van der Waals surface area contributed by atoms with Gasteiger partial charge in [0.05, 0.1) is 5.60 Å². The molecular weight excluding hydrogens is 208 g/mol. The van der Waals surface area contributed by atoms with Crippen LogP contribution in [-0.2, 0) is 9.53 Å². The van der Waals surface area contributed by atoms with Crippen LogP contribution in [0.5, 0.6) is 0 Å². The second-order valence-electron chi connectivity index (χ2n) is 4.75. The summed E-state index contributed by atoms with van der Waals surface area (Å²) in [5.41, 5.74) is 0.192. The van der Waals surface area contributed by atoms with Crippen LogP contribution in [-0.4, -0.2) is 30.0 Å². The molecular formula is C12H20O2S. The molecule has 2 fully saturated rings. The molecule has 0 N–H and O–H groups in total. The van der Waals surface area contributed by atoms with E-state index in [1.807, 2.05) is 11.8 Å². The van der Waals surface area contributed by atoms with Gasteiger partial charge in [-0.25, -0.2) is 0 Å². The largest absolute Gasteiger partial charge is 0.375 e. The fourth-order valence-corrected chi connectivity index (χ4v) is 4.01. The van der Waals surface area contributed by atoms with Gasteiger partial charge in [0.1, 0.15) is 6.29 Å². The number of thioether (sulfide) groups is 1. The second-order valence-corrected chi connectivity index (χ2v) is 5.97. The molecule has 0 aromatic heterocycles. The highest BCUT2D eigenvalue weighted by atomic mass is 32.2. The van der Waals surface area contributed by atoms with Crippen molar-refractivity contribution in [1.29, 1.82) is 0 Å². The molecule has 2 saturated heterocycles. The number of carbonyl (C=O) groups excluding carboxylic acids is 1. The minimum absolute atomic E-state index is 0.192. The van der Waals surface area contributed by atoms with E-state index in [1.54, 1.807) is 0 Å². The first-order valence-corrected chi connectivity index (χ1v) is 7.15. The van der Waals surface area contributed by atoms with Gasteiger partial charge < -0.3 is 9.53 Å². The van der Waals surface area contributed by atoms with E-state index >= 15 is 0 Å². The van der Waals surface area contributed by atoms with Crippen molar-refractivity contribution in [2.75, 3.05) is 18.1 Å². The van der Waals surface area contributed by atoms with Gasteiger partial charge in [-0.15, -0.1) is 0 Å². The summed E-state index contributed by atoms with van der Waals surface area (Å²) >= 11 is 2.05. The summed E-state index contributed by atoms with van der Waals surface area (Å²) in [7, 11) is 0. The van der Waals surface area contributed by atoms with Gasteiger partial charge in [-0.3, -0.25) is 0 Å². The predicted octanol–water partition coefficient (Wildman–Crippen LogP) is 2.66. The van der Waals surface area contributed by atoms with Crippen LogP contribution < -0.4 is 0 Å². The first-order chi connectivity index (χ1) is 7.35. The molecule has 2 heterocycles. The topological polar surface area (TPSA) is 26.3 Å². The third-order valence-electron chi connectivity index (χ3n) is 3.69. The number of rotatable bonds is 3. The van der Waals surface area contributed by atoms with Crippen LogP contribution >= 0.6 is 11.8 Å². The lowest BCUT2D eigenvalue weighted by atomic mass is 9.80. The minimum atomic E-state index is 0.192. The second kappa shape index (κ2) is 5.35. The molecule has 0 aromatic carbocycles. The number of hydrogen-bond donors (Lipinski definition) is 0. The molecule has 0 aromatic rings. The van der Waals surface area contributed by atoms with E-state index in [2.05, 4.69) is 0 Å². The van der Waals surface area contributed by atoms with Gasteiger partial charge in [0.15, 0.2) is 0 Å². The third kappa shape index (κ3) is 2.97. The van der Waals surface area contributed by atoms with Crippen LogP contribution in [0.2, 0.25) is 0 Å². The maximum atomic E-state index is 10.4. The molecule has 1 spiro atoms. The summed E-state index contributed by atoms with van der Waals surface area (Å²) in [5, 5.41) is 0. The maximum absolute atomic E-state index is 10.4. The Morgan fingerprint density at radius 1 is 1.40 bits per heavy atom. The molecule has 0 amide bonds. The van der Waals surface area contributed by atoms with E-state index in [1.165, 1.54) is 30.8 Å². The van der Waals surface area contributed by atoms with Crippen LogP contribution in [0.1, 0.15) is 38.5 Å². The molecule has 2 rings (SSSR count). The molecule has 2 aliphatic rings. The van der Waals surface area contributed by atoms with Crippen LogP contribution in [0.3, 0.4) is 0 Å². The van der Waals surface area contributed by atoms with Gasteiger partial charge in [0.2, 0.25) is 0 Å². The van der Waals surface area contributed by atoms with Crippen molar-refractivity contribution < 1.29 is 9.53 Å². The standard InChI is InChI=1S/C12H20O2S/c13-6-1-2-11-3-7-14-12(10-11)4-8-15-9-5-12/h6,11H,1-5,7-10H2. The Kier molecular flexibility index (Phi) is 4.09. The Labute approximate surface area is 96.1 Å². The van der Waals surface area contributed by atoms with E-state index in [-0.39, 0.29) is 5.60 Å². The van der Waals surface area contributed by atoms with E-state index < -0.39 is 0 Å². The predicted molar refractivity (Wildman–Crippen MR) is 63.3 cm³/mol. The van der Waals surface area contributed by atoms with Crippen molar-refractivity contribution in [1.82, 2.24) is 0 Å². The highest BCUT2D eigenvalue weighted by Gasteiger charge is 2.38. The van der Waals surface area contributed by atoms with Gasteiger partial charge >= 0.3 is 0 Å². The molecule has 0 aliphatic carbocycles. The Hall–Kier alpha value is -0.0200.